The number of pyridine rings is 1. The maximum absolute atomic E-state index is 12.8. The third kappa shape index (κ3) is 3.47. The number of nitriles is 1. The Kier molecular flexibility index (Phi) is 4.93. The number of amides is 2. The average Bonchev–Trinajstić information content (AvgIpc) is 3.04. The van der Waals surface area contributed by atoms with Gasteiger partial charge in [0, 0.05) is 44.5 Å². The monoisotopic (exact) mass is 354 g/mol. The zero-order valence-corrected chi connectivity index (χ0v) is 15.0. The highest BCUT2D eigenvalue weighted by Crippen LogP contribution is 2.25. The predicted octanol–water partition coefficient (Wildman–Crippen LogP) is 1.32. The molecule has 2 atom stereocenters. The van der Waals surface area contributed by atoms with Gasteiger partial charge in [0.05, 0.1) is 5.56 Å². The minimum atomic E-state index is 0.0948. The molecule has 138 valence electrons. The van der Waals surface area contributed by atoms with Gasteiger partial charge in [0.15, 0.2) is 0 Å². The number of urea groups is 1. The van der Waals surface area contributed by atoms with Gasteiger partial charge < -0.3 is 20.4 Å². The third-order valence-corrected chi connectivity index (χ3v) is 5.91. The van der Waals surface area contributed by atoms with Crippen LogP contribution in [0.5, 0.6) is 0 Å². The van der Waals surface area contributed by atoms with Crippen LogP contribution in [0.4, 0.5) is 10.6 Å². The lowest BCUT2D eigenvalue weighted by molar-refractivity contribution is 0.138. The quantitative estimate of drug-likeness (QED) is 0.837. The second kappa shape index (κ2) is 7.50. The van der Waals surface area contributed by atoms with Crippen LogP contribution in [-0.2, 0) is 0 Å². The summed E-state index contributed by atoms with van der Waals surface area (Å²) in [6, 6.07) is 6.43. The first-order valence-corrected chi connectivity index (χ1v) is 9.62. The molecule has 4 saturated heterocycles. The van der Waals surface area contributed by atoms with E-state index in [0.717, 1.165) is 57.8 Å². The Bertz CT molecular complexity index is 690. The number of rotatable bonds is 2. The highest BCUT2D eigenvalue weighted by atomic mass is 16.2. The Morgan fingerprint density at radius 1 is 1.27 bits per heavy atom. The molecule has 7 heteroatoms. The molecule has 5 heterocycles. The van der Waals surface area contributed by atoms with E-state index in [-0.39, 0.29) is 12.1 Å². The van der Waals surface area contributed by atoms with Crippen molar-refractivity contribution < 1.29 is 4.79 Å². The molecule has 0 radical (unpaired) electrons. The number of nitrogens with zero attached hydrogens (tertiary/aromatic N) is 4. The molecule has 2 amide bonds. The first-order chi connectivity index (χ1) is 12.7. The Balaban J connectivity index is 1.33. The van der Waals surface area contributed by atoms with Crippen molar-refractivity contribution in [2.24, 2.45) is 5.92 Å². The molecule has 0 aromatic carbocycles. The van der Waals surface area contributed by atoms with Crippen LogP contribution in [0.1, 0.15) is 31.2 Å². The Hall–Kier alpha value is -2.33. The average molecular weight is 354 g/mol. The number of nitrogens with one attached hydrogen (secondary N) is 2. The normalized spacial score (nSPS) is 26.3. The number of hydrogen-bond acceptors (Lipinski definition) is 5. The summed E-state index contributed by atoms with van der Waals surface area (Å²) in [6.07, 6.45) is 5.83. The Morgan fingerprint density at radius 2 is 2.12 bits per heavy atom. The van der Waals surface area contributed by atoms with Gasteiger partial charge in [-0.25, -0.2) is 9.78 Å². The van der Waals surface area contributed by atoms with Crippen LogP contribution in [0.25, 0.3) is 0 Å². The molecule has 1 aromatic rings. The molecular formula is C19H26N6O. The summed E-state index contributed by atoms with van der Waals surface area (Å²) in [6.45, 7) is 4.44. The number of carbonyl (C=O) groups is 1. The number of fused-ring (bicyclic) bond motifs is 4. The van der Waals surface area contributed by atoms with Crippen LogP contribution in [0.3, 0.4) is 0 Å². The first kappa shape index (κ1) is 17.1. The number of hydrogen-bond donors (Lipinski definition) is 2. The zero-order valence-electron chi connectivity index (χ0n) is 15.0. The van der Waals surface area contributed by atoms with E-state index in [2.05, 4.69) is 26.6 Å². The summed E-state index contributed by atoms with van der Waals surface area (Å²) in [5.41, 5.74) is 0.614. The van der Waals surface area contributed by atoms with Crippen LogP contribution < -0.4 is 15.5 Å². The van der Waals surface area contributed by atoms with Gasteiger partial charge in [0.2, 0.25) is 0 Å². The molecule has 1 aromatic heterocycles. The summed E-state index contributed by atoms with van der Waals surface area (Å²) in [5, 5.41) is 16.0. The lowest BCUT2D eigenvalue weighted by Crippen LogP contribution is -2.55. The van der Waals surface area contributed by atoms with E-state index >= 15 is 0 Å². The Labute approximate surface area is 154 Å². The smallest absolute Gasteiger partial charge is 0.317 e. The molecule has 0 saturated carbocycles. The van der Waals surface area contributed by atoms with Gasteiger partial charge in [-0.2, -0.15) is 5.26 Å². The molecular weight excluding hydrogens is 328 g/mol. The molecule has 0 spiro atoms. The number of carbonyl (C=O) groups excluding carboxylic acids is 1. The topological polar surface area (TPSA) is 84.3 Å². The summed E-state index contributed by atoms with van der Waals surface area (Å²) in [5.74, 6) is 1.35. The molecule has 0 unspecified atom stereocenters. The van der Waals surface area contributed by atoms with Gasteiger partial charge in [-0.05, 0) is 50.3 Å². The van der Waals surface area contributed by atoms with E-state index in [1.807, 2.05) is 4.90 Å². The fourth-order valence-corrected chi connectivity index (χ4v) is 4.41. The molecule has 26 heavy (non-hydrogen) atoms. The molecule has 2 bridgehead atoms. The van der Waals surface area contributed by atoms with Crippen molar-refractivity contribution >= 4 is 11.8 Å². The Morgan fingerprint density at radius 3 is 2.92 bits per heavy atom. The standard InChI is InChI=1S/C19H26N6O/c20-10-15-2-1-7-22-18(15)24-8-5-16(6-9-24)23-19(26)25-13-14-3-4-17(25)12-21-11-14/h1-2,7,14,16-17,21H,3-6,8-9,11-13H2,(H,23,26)/t14-,17+/m1/s1. The van der Waals surface area contributed by atoms with Crippen LogP contribution in [0.15, 0.2) is 18.3 Å². The van der Waals surface area contributed by atoms with E-state index in [0.29, 0.717) is 17.5 Å². The summed E-state index contributed by atoms with van der Waals surface area (Å²) >= 11 is 0. The van der Waals surface area contributed by atoms with Crippen molar-refractivity contribution in [2.75, 3.05) is 37.6 Å². The van der Waals surface area contributed by atoms with Crippen LogP contribution in [0, 0.1) is 17.2 Å². The van der Waals surface area contributed by atoms with E-state index in [1.54, 1.807) is 18.3 Å². The van der Waals surface area contributed by atoms with Crippen LogP contribution in [0.2, 0.25) is 0 Å². The second-order valence-electron chi connectivity index (χ2n) is 7.60. The maximum Gasteiger partial charge on any atom is 0.317 e. The minimum absolute atomic E-state index is 0.0948. The van der Waals surface area contributed by atoms with Crippen molar-refractivity contribution in [3.05, 3.63) is 23.9 Å². The second-order valence-corrected chi connectivity index (χ2v) is 7.60. The maximum atomic E-state index is 12.8. The van der Waals surface area contributed by atoms with Crippen molar-refractivity contribution in [3.8, 4) is 6.07 Å². The lowest BCUT2D eigenvalue weighted by atomic mass is 9.95. The van der Waals surface area contributed by atoms with E-state index < -0.39 is 0 Å². The van der Waals surface area contributed by atoms with Gasteiger partial charge in [0.25, 0.3) is 0 Å². The summed E-state index contributed by atoms with van der Waals surface area (Å²) < 4.78 is 0. The molecule has 4 fully saturated rings. The highest BCUT2D eigenvalue weighted by Gasteiger charge is 2.35. The molecule has 5 rings (SSSR count). The largest absolute Gasteiger partial charge is 0.355 e. The van der Waals surface area contributed by atoms with Crippen LogP contribution >= 0.6 is 0 Å². The van der Waals surface area contributed by atoms with Crippen molar-refractivity contribution in [1.29, 1.82) is 5.26 Å². The molecule has 4 aliphatic heterocycles. The minimum Gasteiger partial charge on any atom is -0.355 e. The van der Waals surface area contributed by atoms with Gasteiger partial charge in [0.1, 0.15) is 11.9 Å². The number of anilines is 1. The van der Waals surface area contributed by atoms with Crippen molar-refractivity contribution in [2.45, 2.75) is 37.8 Å². The van der Waals surface area contributed by atoms with Gasteiger partial charge in [-0.3, -0.25) is 0 Å². The fourth-order valence-electron chi connectivity index (χ4n) is 4.41. The SMILES string of the molecule is N#Cc1cccnc1N1CCC(NC(=O)N2C[C@@H]3CC[C@H]2CNC3)CC1. The summed E-state index contributed by atoms with van der Waals surface area (Å²) in [7, 11) is 0. The highest BCUT2D eigenvalue weighted by molar-refractivity contribution is 5.75. The zero-order chi connectivity index (χ0) is 17.9. The molecule has 0 aliphatic carbocycles. The lowest BCUT2D eigenvalue weighted by Gasteiger charge is -2.38. The number of aromatic nitrogens is 1. The van der Waals surface area contributed by atoms with Crippen molar-refractivity contribution in [1.82, 2.24) is 20.5 Å². The van der Waals surface area contributed by atoms with E-state index in [1.165, 1.54) is 6.42 Å². The summed E-state index contributed by atoms with van der Waals surface area (Å²) in [4.78, 5) is 21.3. The molecule has 2 N–H and O–H groups in total. The number of piperidine rings is 2. The first-order valence-electron chi connectivity index (χ1n) is 9.62. The third-order valence-electron chi connectivity index (χ3n) is 5.91. The van der Waals surface area contributed by atoms with E-state index in [4.69, 9.17) is 0 Å². The molecule has 4 aliphatic rings. The fraction of sp³-hybridized carbons (Fsp3) is 0.632. The van der Waals surface area contributed by atoms with Crippen LogP contribution in [-0.4, -0.2) is 60.7 Å². The van der Waals surface area contributed by atoms with Gasteiger partial charge in [-0.1, -0.05) is 0 Å². The predicted molar refractivity (Wildman–Crippen MR) is 98.8 cm³/mol. The van der Waals surface area contributed by atoms with Crippen molar-refractivity contribution in [3.63, 3.8) is 0 Å². The van der Waals surface area contributed by atoms with Gasteiger partial charge >= 0.3 is 6.03 Å². The molecule has 7 nitrogen and oxygen atoms in total. The van der Waals surface area contributed by atoms with E-state index in [9.17, 15) is 10.1 Å². The van der Waals surface area contributed by atoms with Gasteiger partial charge in [-0.15, -0.1) is 0 Å².